The van der Waals surface area contributed by atoms with Crippen molar-refractivity contribution in [3.05, 3.63) is 34.6 Å². The molecule has 1 aromatic rings. The van der Waals surface area contributed by atoms with Crippen LogP contribution in [0, 0.1) is 11.7 Å². The van der Waals surface area contributed by atoms with Crippen LogP contribution in [0.25, 0.3) is 0 Å². The first-order valence-corrected chi connectivity index (χ1v) is 9.06. The van der Waals surface area contributed by atoms with Crippen LogP contribution in [0.2, 0.25) is 5.02 Å². The summed E-state index contributed by atoms with van der Waals surface area (Å²) in [5, 5.41) is 4.22. The summed E-state index contributed by atoms with van der Waals surface area (Å²) in [5.74, 6) is 0.467. The fraction of sp³-hybridized carbons (Fsp3) is 0.667. The smallest absolute Gasteiger partial charge is 0.129 e. The van der Waals surface area contributed by atoms with Crippen molar-refractivity contribution in [2.45, 2.75) is 38.3 Å². The minimum Gasteiger partial charge on any atom is -0.381 e. The van der Waals surface area contributed by atoms with Crippen LogP contribution >= 0.6 is 11.6 Å². The van der Waals surface area contributed by atoms with Gasteiger partial charge in [-0.2, -0.15) is 0 Å². The van der Waals surface area contributed by atoms with E-state index in [2.05, 4.69) is 10.2 Å². The second-order valence-electron chi connectivity index (χ2n) is 6.74. The average Bonchev–Trinajstić information content (AvgIpc) is 2.58. The summed E-state index contributed by atoms with van der Waals surface area (Å²) in [6.07, 6.45) is 4.69. The van der Waals surface area contributed by atoms with Gasteiger partial charge in [0.25, 0.3) is 0 Å². The zero-order chi connectivity index (χ0) is 16.1. The van der Waals surface area contributed by atoms with E-state index in [1.807, 2.05) is 0 Å². The Morgan fingerprint density at radius 3 is 2.78 bits per heavy atom. The molecule has 3 nitrogen and oxygen atoms in total. The molecule has 5 heteroatoms. The maximum absolute atomic E-state index is 13.9. The average molecular weight is 341 g/mol. The summed E-state index contributed by atoms with van der Waals surface area (Å²) in [7, 11) is 0. The number of benzene rings is 1. The van der Waals surface area contributed by atoms with Crippen LogP contribution in [0.4, 0.5) is 4.39 Å². The number of nitrogens with zero attached hydrogens (tertiary/aromatic N) is 1. The quantitative estimate of drug-likeness (QED) is 0.888. The zero-order valence-corrected chi connectivity index (χ0v) is 14.3. The van der Waals surface area contributed by atoms with Crippen LogP contribution in [-0.4, -0.2) is 43.8 Å². The van der Waals surface area contributed by atoms with Gasteiger partial charge < -0.3 is 10.1 Å². The summed E-state index contributed by atoms with van der Waals surface area (Å²) in [5.41, 5.74) is 0.625. The third-order valence-corrected chi connectivity index (χ3v) is 5.33. The molecule has 128 valence electrons. The highest BCUT2D eigenvalue weighted by atomic mass is 35.5. The molecule has 1 aromatic carbocycles. The number of nitrogens with one attached hydrogen (secondary N) is 1. The number of rotatable bonds is 5. The molecule has 3 rings (SSSR count). The molecule has 2 fully saturated rings. The Morgan fingerprint density at radius 1 is 1.26 bits per heavy atom. The largest absolute Gasteiger partial charge is 0.381 e. The van der Waals surface area contributed by atoms with Crippen molar-refractivity contribution >= 4 is 11.6 Å². The summed E-state index contributed by atoms with van der Waals surface area (Å²) < 4.78 is 19.4. The molecule has 0 amide bonds. The topological polar surface area (TPSA) is 24.5 Å². The Kier molecular flexibility index (Phi) is 6.29. The Bertz CT molecular complexity index is 480. The maximum atomic E-state index is 13.9. The molecule has 0 aromatic heterocycles. The minimum absolute atomic E-state index is 0.199. The molecule has 0 spiro atoms. The molecule has 2 heterocycles. The third-order valence-electron chi connectivity index (χ3n) is 4.98. The normalized spacial score (nSPS) is 24.0. The fourth-order valence-electron chi connectivity index (χ4n) is 3.50. The lowest BCUT2D eigenvalue weighted by molar-refractivity contribution is 0.0524. The molecular formula is C18H26ClFN2O. The van der Waals surface area contributed by atoms with Crippen LogP contribution in [0.1, 0.15) is 31.2 Å². The predicted octanol–water partition coefficient (Wildman–Crippen LogP) is 3.46. The van der Waals surface area contributed by atoms with Crippen molar-refractivity contribution in [3.63, 3.8) is 0 Å². The fourth-order valence-corrected chi connectivity index (χ4v) is 3.73. The lowest BCUT2D eigenvalue weighted by Crippen LogP contribution is -2.44. The Morgan fingerprint density at radius 2 is 2.09 bits per heavy atom. The maximum Gasteiger partial charge on any atom is 0.129 e. The van der Waals surface area contributed by atoms with E-state index in [4.69, 9.17) is 16.3 Å². The van der Waals surface area contributed by atoms with Gasteiger partial charge in [-0.15, -0.1) is 0 Å². The van der Waals surface area contributed by atoms with E-state index in [0.717, 1.165) is 45.7 Å². The molecular weight excluding hydrogens is 315 g/mol. The molecule has 1 N–H and O–H groups in total. The van der Waals surface area contributed by atoms with Gasteiger partial charge in [0.15, 0.2) is 0 Å². The van der Waals surface area contributed by atoms with Crippen molar-refractivity contribution < 1.29 is 9.13 Å². The van der Waals surface area contributed by atoms with Gasteiger partial charge in [-0.1, -0.05) is 17.7 Å². The summed E-state index contributed by atoms with van der Waals surface area (Å²) in [4.78, 5) is 2.30. The van der Waals surface area contributed by atoms with E-state index < -0.39 is 0 Å². The van der Waals surface area contributed by atoms with Gasteiger partial charge in [0.05, 0.1) is 6.61 Å². The molecule has 23 heavy (non-hydrogen) atoms. The zero-order valence-electron chi connectivity index (χ0n) is 13.6. The first-order chi connectivity index (χ1) is 11.2. The highest BCUT2D eigenvalue weighted by Crippen LogP contribution is 2.23. The highest BCUT2D eigenvalue weighted by Gasteiger charge is 2.22. The van der Waals surface area contributed by atoms with E-state index in [1.165, 1.54) is 18.9 Å². The number of piperidine rings is 1. The Balaban J connectivity index is 1.41. The van der Waals surface area contributed by atoms with Gasteiger partial charge in [0, 0.05) is 36.3 Å². The minimum atomic E-state index is -0.199. The Labute approximate surface area is 143 Å². The lowest BCUT2D eigenvalue weighted by Gasteiger charge is -2.34. The molecule has 0 aliphatic carbocycles. The first-order valence-electron chi connectivity index (χ1n) is 8.69. The van der Waals surface area contributed by atoms with Crippen molar-refractivity contribution in [2.75, 3.05) is 32.8 Å². The number of halogens is 2. The van der Waals surface area contributed by atoms with Gasteiger partial charge in [-0.05, 0) is 56.8 Å². The SMILES string of the molecule is Fc1cccc(Cl)c1CN1CCC(NCC2CCCOC2)CC1. The van der Waals surface area contributed by atoms with Crippen LogP contribution in [0.5, 0.6) is 0 Å². The summed E-state index contributed by atoms with van der Waals surface area (Å²) in [6, 6.07) is 5.48. The van der Waals surface area contributed by atoms with Crippen LogP contribution < -0.4 is 5.32 Å². The predicted molar refractivity (Wildman–Crippen MR) is 91.3 cm³/mol. The first kappa shape index (κ1) is 17.2. The van der Waals surface area contributed by atoms with E-state index in [9.17, 15) is 4.39 Å². The van der Waals surface area contributed by atoms with Gasteiger partial charge in [0.2, 0.25) is 0 Å². The van der Waals surface area contributed by atoms with Gasteiger partial charge >= 0.3 is 0 Å². The molecule has 1 atom stereocenters. The van der Waals surface area contributed by atoms with Gasteiger partial charge in [-0.3, -0.25) is 4.90 Å². The van der Waals surface area contributed by atoms with E-state index >= 15 is 0 Å². The number of hydrogen-bond acceptors (Lipinski definition) is 3. The lowest BCUT2D eigenvalue weighted by atomic mass is 9.99. The molecule has 0 saturated carbocycles. The van der Waals surface area contributed by atoms with Crippen molar-refractivity contribution in [1.29, 1.82) is 0 Å². The number of likely N-dealkylation sites (tertiary alicyclic amines) is 1. The summed E-state index contributed by atoms with van der Waals surface area (Å²) in [6.45, 7) is 5.47. The molecule has 2 aliphatic rings. The molecule has 0 bridgehead atoms. The van der Waals surface area contributed by atoms with Crippen molar-refractivity contribution in [2.24, 2.45) is 5.92 Å². The number of hydrogen-bond donors (Lipinski definition) is 1. The van der Waals surface area contributed by atoms with Gasteiger partial charge in [-0.25, -0.2) is 4.39 Å². The standard InChI is InChI=1S/C18H26ClFN2O/c19-17-4-1-5-18(20)16(17)12-22-8-6-15(7-9-22)21-11-14-3-2-10-23-13-14/h1,4-5,14-15,21H,2-3,6-13H2. The van der Waals surface area contributed by atoms with E-state index in [-0.39, 0.29) is 5.82 Å². The van der Waals surface area contributed by atoms with E-state index in [0.29, 0.717) is 29.1 Å². The molecule has 0 radical (unpaired) electrons. The number of ether oxygens (including phenoxy) is 1. The monoisotopic (exact) mass is 340 g/mol. The van der Waals surface area contributed by atoms with Crippen molar-refractivity contribution in [1.82, 2.24) is 10.2 Å². The highest BCUT2D eigenvalue weighted by molar-refractivity contribution is 6.31. The van der Waals surface area contributed by atoms with Crippen LogP contribution in [0.15, 0.2) is 18.2 Å². The molecule has 2 saturated heterocycles. The molecule has 1 unspecified atom stereocenters. The second-order valence-corrected chi connectivity index (χ2v) is 7.15. The van der Waals surface area contributed by atoms with Crippen molar-refractivity contribution in [3.8, 4) is 0 Å². The van der Waals surface area contributed by atoms with Crippen LogP contribution in [0.3, 0.4) is 0 Å². The second kappa shape index (κ2) is 8.43. The summed E-state index contributed by atoms with van der Waals surface area (Å²) >= 11 is 6.12. The van der Waals surface area contributed by atoms with Crippen LogP contribution in [-0.2, 0) is 11.3 Å². The Hall–Kier alpha value is -0.680. The molecule has 2 aliphatic heterocycles. The third kappa shape index (κ3) is 4.90. The van der Waals surface area contributed by atoms with E-state index in [1.54, 1.807) is 12.1 Å². The van der Waals surface area contributed by atoms with Gasteiger partial charge in [0.1, 0.15) is 5.82 Å².